The van der Waals surface area contributed by atoms with E-state index in [1.54, 1.807) is 24.1 Å². The normalized spacial score (nSPS) is 10.3. The highest BCUT2D eigenvalue weighted by Crippen LogP contribution is 2.19. The van der Waals surface area contributed by atoms with Gasteiger partial charge in [0.15, 0.2) is 11.5 Å². The van der Waals surface area contributed by atoms with Gasteiger partial charge in [0.25, 0.3) is 5.91 Å². The monoisotopic (exact) mass is 347 g/mol. The van der Waals surface area contributed by atoms with Crippen LogP contribution in [0.4, 0.5) is 22.9 Å². The first kappa shape index (κ1) is 17.4. The number of amides is 1. The molecule has 0 fully saturated rings. The van der Waals surface area contributed by atoms with E-state index in [4.69, 9.17) is 0 Å². The molecule has 0 radical (unpaired) electrons. The minimum absolute atomic E-state index is 0.203. The van der Waals surface area contributed by atoms with E-state index in [1.807, 2.05) is 73.6 Å². The molecular formula is C20H21N5O. The van der Waals surface area contributed by atoms with Crippen LogP contribution in [0.15, 0.2) is 66.7 Å². The van der Waals surface area contributed by atoms with Crippen molar-refractivity contribution in [1.82, 2.24) is 10.2 Å². The Bertz CT molecular complexity index is 861. The van der Waals surface area contributed by atoms with Crippen molar-refractivity contribution in [1.29, 1.82) is 0 Å². The molecule has 26 heavy (non-hydrogen) atoms. The van der Waals surface area contributed by atoms with Crippen molar-refractivity contribution in [3.8, 4) is 0 Å². The van der Waals surface area contributed by atoms with Crippen molar-refractivity contribution >= 4 is 28.8 Å². The van der Waals surface area contributed by atoms with Gasteiger partial charge in [-0.2, -0.15) is 0 Å². The zero-order valence-electron chi connectivity index (χ0n) is 15.0. The molecule has 0 aliphatic rings. The van der Waals surface area contributed by atoms with Crippen LogP contribution in [0, 0.1) is 0 Å². The summed E-state index contributed by atoms with van der Waals surface area (Å²) in [6, 6.07) is 20.8. The molecule has 3 rings (SSSR count). The van der Waals surface area contributed by atoms with Crippen molar-refractivity contribution in [3.05, 3.63) is 72.4 Å². The molecule has 1 N–H and O–H groups in total. The van der Waals surface area contributed by atoms with Gasteiger partial charge in [-0.05, 0) is 48.5 Å². The summed E-state index contributed by atoms with van der Waals surface area (Å²) in [5.41, 5.74) is 3.13. The van der Waals surface area contributed by atoms with E-state index >= 15 is 0 Å². The fourth-order valence-corrected chi connectivity index (χ4v) is 2.44. The highest BCUT2D eigenvalue weighted by Gasteiger charge is 2.15. The first-order valence-corrected chi connectivity index (χ1v) is 8.26. The van der Waals surface area contributed by atoms with E-state index in [0.29, 0.717) is 11.5 Å². The molecule has 2 aromatic carbocycles. The molecule has 0 aliphatic heterocycles. The largest absolute Gasteiger partial charge is 0.378 e. The topological polar surface area (TPSA) is 61.4 Å². The summed E-state index contributed by atoms with van der Waals surface area (Å²) < 4.78 is 0. The summed E-state index contributed by atoms with van der Waals surface area (Å²) in [5, 5.41) is 11.3. The number of carbonyl (C=O) groups is 1. The zero-order valence-corrected chi connectivity index (χ0v) is 15.0. The summed E-state index contributed by atoms with van der Waals surface area (Å²) in [7, 11) is 5.71. The molecule has 6 nitrogen and oxygen atoms in total. The molecule has 6 heteroatoms. The van der Waals surface area contributed by atoms with Crippen LogP contribution in [0.25, 0.3) is 0 Å². The van der Waals surface area contributed by atoms with E-state index < -0.39 is 0 Å². The summed E-state index contributed by atoms with van der Waals surface area (Å²) in [5.74, 6) is 0.382. The predicted octanol–water partition coefficient (Wildman–Crippen LogP) is 3.56. The second-order valence-electron chi connectivity index (χ2n) is 6.07. The van der Waals surface area contributed by atoms with Crippen molar-refractivity contribution in [2.75, 3.05) is 36.3 Å². The van der Waals surface area contributed by atoms with E-state index in [-0.39, 0.29) is 5.91 Å². The second kappa shape index (κ2) is 7.65. The summed E-state index contributed by atoms with van der Waals surface area (Å²) >= 11 is 0. The number of aromatic nitrogens is 2. The first-order chi connectivity index (χ1) is 12.5. The Morgan fingerprint density at radius 1 is 0.808 bits per heavy atom. The van der Waals surface area contributed by atoms with E-state index in [1.165, 1.54) is 0 Å². The molecule has 1 aromatic heterocycles. The van der Waals surface area contributed by atoms with Crippen molar-refractivity contribution in [3.63, 3.8) is 0 Å². The van der Waals surface area contributed by atoms with Gasteiger partial charge in [-0.25, -0.2) is 0 Å². The molecule has 3 aromatic rings. The van der Waals surface area contributed by atoms with E-state index in [2.05, 4.69) is 15.5 Å². The maximum Gasteiger partial charge on any atom is 0.278 e. The van der Waals surface area contributed by atoms with Crippen LogP contribution < -0.4 is 15.1 Å². The van der Waals surface area contributed by atoms with Crippen molar-refractivity contribution in [2.45, 2.75) is 0 Å². The molecule has 0 bridgehead atoms. The van der Waals surface area contributed by atoms with Gasteiger partial charge < -0.3 is 15.1 Å². The fraction of sp³-hybridized carbons (Fsp3) is 0.150. The predicted molar refractivity (Wildman–Crippen MR) is 105 cm³/mol. The quantitative estimate of drug-likeness (QED) is 0.765. The SMILES string of the molecule is CN(C)c1ccc(Nc2ccc(C(=O)N(C)c3ccccc3)nn2)cc1. The number of rotatable bonds is 5. The number of benzene rings is 2. The molecule has 0 aliphatic carbocycles. The number of hydrogen-bond acceptors (Lipinski definition) is 5. The van der Waals surface area contributed by atoms with Gasteiger partial charge in [0.1, 0.15) is 0 Å². The van der Waals surface area contributed by atoms with Gasteiger partial charge in [-0.1, -0.05) is 18.2 Å². The average Bonchev–Trinajstić information content (AvgIpc) is 2.68. The summed E-state index contributed by atoms with van der Waals surface area (Å²) in [4.78, 5) is 16.1. The Morgan fingerprint density at radius 2 is 1.50 bits per heavy atom. The third-order valence-corrected chi connectivity index (χ3v) is 3.99. The average molecular weight is 347 g/mol. The Morgan fingerprint density at radius 3 is 2.08 bits per heavy atom. The maximum atomic E-state index is 12.5. The molecule has 0 atom stereocenters. The summed E-state index contributed by atoms with van der Waals surface area (Å²) in [6.45, 7) is 0. The van der Waals surface area contributed by atoms with E-state index in [9.17, 15) is 4.79 Å². The Hall–Kier alpha value is -3.41. The third kappa shape index (κ3) is 3.97. The van der Waals surface area contributed by atoms with Gasteiger partial charge in [0, 0.05) is 38.2 Å². The lowest BCUT2D eigenvalue weighted by Gasteiger charge is -2.16. The van der Waals surface area contributed by atoms with Crippen LogP contribution in [0.5, 0.6) is 0 Å². The third-order valence-electron chi connectivity index (χ3n) is 3.99. The zero-order chi connectivity index (χ0) is 18.5. The Balaban J connectivity index is 1.69. The van der Waals surface area contributed by atoms with Gasteiger partial charge in [-0.3, -0.25) is 4.79 Å². The Kier molecular flexibility index (Phi) is 5.12. The number of anilines is 4. The first-order valence-electron chi connectivity index (χ1n) is 8.26. The van der Waals surface area contributed by atoms with E-state index in [0.717, 1.165) is 17.1 Å². The minimum Gasteiger partial charge on any atom is -0.378 e. The lowest BCUT2D eigenvalue weighted by Crippen LogP contribution is -2.27. The van der Waals surface area contributed by atoms with Crippen molar-refractivity contribution in [2.24, 2.45) is 0 Å². The van der Waals surface area contributed by atoms with Crippen LogP contribution in [0.3, 0.4) is 0 Å². The molecule has 0 saturated carbocycles. The number of para-hydroxylation sites is 1. The van der Waals surface area contributed by atoms with Crippen molar-refractivity contribution < 1.29 is 4.79 Å². The number of nitrogens with zero attached hydrogens (tertiary/aromatic N) is 4. The smallest absolute Gasteiger partial charge is 0.278 e. The maximum absolute atomic E-state index is 12.5. The van der Waals surface area contributed by atoms with Crippen LogP contribution in [0.2, 0.25) is 0 Å². The van der Waals surface area contributed by atoms with Crippen LogP contribution in [0.1, 0.15) is 10.5 Å². The molecule has 0 spiro atoms. The van der Waals surface area contributed by atoms with Gasteiger partial charge >= 0.3 is 0 Å². The summed E-state index contributed by atoms with van der Waals surface area (Å²) in [6.07, 6.45) is 0. The van der Waals surface area contributed by atoms with Crippen LogP contribution in [-0.4, -0.2) is 37.2 Å². The van der Waals surface area contributed by atoms with Gasteiger partial charge in [0.05, 0.1) is 0 Å². The fourth-order valence-electron chi connectivity index (χ4n) is 2.44. The van der Waals surface area contributed by atoms with Crippen LogP contribution >= 0.6 is 0 Å². The standard InChI is InChI=1S/C20H21N5O/c1-24(2)16-11-9-15(10-12-16)21-19-14-13-18(22-23-19)20(26)25(3)17-7-5-4-6-8-17/h4-14H,1-3H3,(H,21,23). The van der Waals surface area contributed by atoms with Gasteiger partial charge in [0.2, 0.25) is 0 Å². The molecule has 1 amide bonds. The van der Waals surface area contributed by atoms with Crippen LogP contribution in [-0.2, 0) is 0 Å². The highest BCUT2D eigenvalue weighted by atomic mass is 16.2. The molecule has 0 saturated heterocycles. The second-order valence-corrected chi connectivity index (χ2v) is 6.07. The lowest BCUT2D eigenvalue weighted by molar-refractivity contribution is 0.0987. The van der Waals surface area contributed by atoms with Gasteiger partial charge in [-0.15, -0.1) is 10.2 Å². The molecule has 132 valence electrons. The Labute approximate surface area is 153 Å². The molecular weight excluding hydrogens is 326 g/mol. The molecule has 0 unspecified atom stereocenters. The lowest BCUT2D eigenvalue weighted by atomic mass is 10.2. The number of hydrogen-bond donors (Lipinski definition) is 1. The highest BCUT2D eigenvalue weighted by molar-refractivity contribution is 6.04. The number of nitrogens with one attached hydrogen (secondary N) is 1. The minimum atomic E-state index is -0.203. The molecule has 1 heterocycles. The number of carbonyl (C=O) groups excluding carboxylic acids is 1.